The van der Waals surface area contributed by atoms with Crippen LogP contribution in [0, 0.1) is 5.82 Å². The molecule has 4 rings (SSSR count). The first-order chi connectivity index (χ1) is 15.2. The quantitative estimate of drug-likeness (QED) is 0.354. The van der Waals surface area contributed by atoms with Gasteiger partial charge in [-0.25, -0.2) is 4.39 Å². The molecule has 7 nitrogen and oxygen atoms in total. The van der Waals surface area contributed by atoms with Crippen LogP contribution in [-0.4, -0.2) is 34.1 Å². The highest BCUT2D eigenvalue weighted by Crippen LogP contribution is 2.32. The molecule has 0 amide bonds. The van der Waals surface area contributed by atoms with Crippen molar-refractivity contribution in [2.45, 2.75) is 17.7 Å². The molecule has 0 bridgehead atoms. The maximum atomic E-state index is 13.9. The van der Waals surface area contributed by atoms with Crippen LogP contribution in [0.25, 0.3) is 22.6 Å². The average Bonchev–Trinajstić information content (AvgIpc) is 3.28. The first-order valence-electron chi connectivity index (χ1n) is 9.53. The van der Waals surface area contributed by atoms with Crippen molar-refractivity contribution in [3.63, 3.8) is 0 Å². The van der Waals surface area contributed by atoms with Crippen LogP contribution in [0.5, 0.6) is 11.5 Å². The summed E-state index contributed by atoms with van der Waals surface area (Å²) in [7, 11) is 1.58. The zero-order valence-electron chi connectivity index (χ0n) is 16.9. The molecule has 158 valence electrons. The third-order valence-corrected chi connectivity index (χ3v) is 5.23. The molecule has 0 fully saturated rings. The number of nitrogens with zero attached hydrogens (tertiary/aromatic N) is 4. The minimum absolute atomic E-state index is 0.332. The van der Waals surface area contributed by atoms with Crippen molar-refractivity contribution in [3.05, 3.63) is 66.3 Å². The minimum Gasteiger partial charge on any atom is -0.493 e. The number of benzene rings is 2. The standard InChI is InChI=1S/C22H19FN4O3S/c1-3-29-18-10-8-14(12-19(18)28-2)22-24-20(30-27-22)13-31-21-11-9-17(25-26-21)15-6-4-5-7-16(15)23/h4-12H,3,13H2,1-2H3. The normalized spacial score (nSPS) is 10.8. The maximum absolute atomic E-state index is 13.9. The molecular weight excluding hydrogens is 419 g/mol. The largest absolute Gasteiger partial charge is 0.493 e. The van der Waals surface area contributed by atoms with E-state index in [1.807, 2.05) is 19.1 Å². The van der Waals surface area contributed by atoms with E-state index in [1.54, 1.807) is 43.5 Å². The summed E-state index contributed by atoms with van der Waals surface area (Å²) in [5.74, 6) is 2.26. The van der Waals surface area contributed by atoms with Crippen LogP contribution in [0.3, 0.4) is 0 Å². The van der Waals surface area contributed by atoms with E-state index in [2.05, 4.69) is 20.3 Å². The Hall–Kier alpha value is -3.46. The summed E-state index contributed by atoms with van der Waals surface area (Å²) in [5, 5.41) is 13.0. The molecule has 2 aromatic heterocycles. The van der Waals surface area contributed by atoms with Gasteiger partial charge in [-0.3, -0.25) is 0 Å². The number of ether oxygens (including phenoxy) is 2. The van der Waals surface area contributed by atoms with Gasteiger partial charge in [0.15, 0.2) is 11.5 Å². The van der Waals surface area contributed by atoms with Crippen LogP contribution >= 0.6 is 11.8 Å². The lowest BCUT2D eigenvalue weighted by Crippen LogP contribution is -1.95. The van der Waals surface area contributed by atoms with E-state index >= 15 is 0 Å². The van der Waals surface area contributed by atoms with E-state index in [-0.39, 0.29) is 5.82 Å². The third kappa shape index (κ3) is 4.83. The summed E-state index contributed by atoms with van der Waals surface area (Å²) >= 11 is 1.40. The average molecular weight is 438 g/mol. The first-order valence-corrected chi connectivity index (χ1v) is 10.5. The number of thioether (sulfide) groups is 1. The van der Waals surface area contributed by atoms with Crippen molar-refractivity contribution in [3.8, 4) is 34.1 Å². The fourth-order valence-corrected chi connectivity index (χ4v) is 3.51. The Bertz CT molecular complexity index is 1170. The van der Waals surface area contributed by atoms with Gasteiger partial charge in [-0.2, -0.15) is 4.98 Å². The molecule has 0 radical (unpaired) electrons. The number of aromatic nitrogens is 4. The zero-order chi connectivity index (χ0) is 21.6. The molecular formula is C22H19FN4O3S. The lowest BCUT2D eigenvalue weighted by Gasteiger charge is -2.09. The second-order valence-corrected chi connectivity index (χ2v) is 7.33. The highest BCUT2D eigenvalue weighted by Gasteiger charge is 2.13. The van der Waals surface area contributed by atoms with Crippen LogP contribution in [0.4, 0.5) is 4.39 Å². The monoisotopic (exact) mass is 438 g/mol. The molecule has 0 unspecified atom stereocenters. The first kappa shape index (κ1) is 20.8. The number of hydrogen-bond donors (Lipinski definition) is 0. The predicted molar refractivity (Wildman–Crippen MR) is 114 cm³/mol. The molecule has 0 aliphatic heterocycles. The lowest BCUT2D eigenvalue weighted by atomic mass is 10.1. The smallest absolute Gasteiger partial charge is 0.237 e. The van der Waals surface area contributed by atoms with Gasteiger partial charge < -0.3 is 14.0 Å². The van der Waals surface area contributed by atoms with E-state index in [0.29, 0.717) is 51.9 Å². The second-order valence-electron chi connectivity index (χ2n) is 6.34. The third-order valence-electron chi connectivity index (χ3n) is 4.32. The molecule has 0 aliphatic carbocycles. The Morgan fingerprint density at radius 1 is 1.03 bits per heavy atom. The Morgan fingerprint density at radius 3 is 2.65 bits per heavy atom. The van der Waals surface area contributed by atoms with E-state index in [9.17, 15) is 4.39 Å². The van der Waals surface area contributed by atoms with Crippen LogP contribution in [0.1, 0.15) is 12.8 Å². The molecule has 0 saturated carbocycles. The molecule has 0 saturated heterocycles. The van der Waals surface area contributed by atoms with Gasteiger partial charge in [-0.15, -0.1) is 10.2 Å². The van der Waals surface area contributed by atoms with Crippen LogP contribution in [0.2, 0.25) is 0 Å². The van der Waals surface area contributed by atoms with Crippen LogP contribution in [0.15, 0.2) is 64.1 Å². The Morgan fingerprint density at radius 2 is 1.90 bits per heavy atom. The predicted octanol–water partition coefficient (Wildman–Crippen LogP) is 5.03. The molecule has 0 aliphatic rings. The van der Waals surface area contributed by atoms with Crippen molar-refractivity contribution < 1.29 is 18.4 Å². The molecule has 31 heavy (non-hydrogen) atoms. The molecule has 0 atom stereocenters. The summed E-state index contributed by atoms with van der Waals surface area (Å²) in [6.45, 7) is 2.46. The lowest BCUT2D eigenvalue weighted by molar-refractivity contribution is 0.311. The fourth-order valence-electron chi connectivity index (χ4n) is 2.86. The molecule has 0 spiro atoms. The zero-order valence-corrected chi connectivity index (χ0v) is 17.7. The van der Waals surface area contributed by atoms with Gasteiger partial charge in [-0.05, 0) is 49.4 Å². The number of hydrogen-bond acceptors (Lipinski definition) is 8. The van der Waals surface area contributed by atoms with E-state index in [0.717, 1.165) is 5.56 Å². The van der Waals surface area contributed by atoms with Crippen molar-refractivity contribution >= 4 is 11.8 Å². The Balaban J connectivity index is 1.42. The second kappa shape index (κ2) is 9.57. The molecule has 0 N–H and O–H groups in total. The van der Waals surface area contributed by atoms with Crippen LogP contribution in [-0.2, 0) is 5.75 Å². The van der Waals surface area contributed by atoms with E-state index in [1.165, 1.54) is 17.8 Å². The molecule has 2 aromatic carbocycles. The van der Waals surface area contributed by atoms with Crippen molar-refractivity contribution in [2.24, 2.45) is 0 Å². The van der Waals surface area contributed by atoms with Crippen molar-refractivity contribution in [2.75, 3.05) is 13.7 Å². The molecule has 9 heteroatoms. The van der Waals surface area contributed by atoms with Crippen LogP contribution < -0.4 is 9.47 Å². The molecule has 4 aromatic rings. The van der Waals surface area contributed by atoms with E-state index in [4.69, 9.17) is 14.0 Å². The van der Waals surface area contributed by atoms with Crippen molar-refractivity contribution in [1.29, 1.82) is 0 Å². The summed E-state index contributed by atoms with van der Waals surface area (Å²) < 4.78 is 30.1. The topological polar surface area (TPSA) is 83.2 Å². The molecule has 2 heterocycles. The van der Waals surface area contributed by atoms with Gasteiger partial charge in [-0.1, -0.05) is 29.1 Å². The minimum atomic E-state index is -0.332. The van der Waals surface area contributed by atoms with Gasteiger partial charge in [0.25, 0.3) is 0 Å². The summed E-state index contributed by atoms with van der Waals surface area (Å²) in [6, 6.07) is 15.5. The van der Waals surface area contributed by atoms with Gasteiger partial charge in [0.05, 0.1) is 25.2 Å². The summed E-state index contributed by atoms with van der Waals surface area (Å²) in [4.78, 5) is 4.43. The van der Waals surface area contributed by atoms with Gasteiger partial charge >= 0.3 is 0 Å². The Kier molecular flexibility index (Phi) is 6.42. The fraction of sp³-hybridized carbons (Fsp3) is 0.182. The van der Waals surface area contributed by atoms with Gasteiger partial charge in [0, 0.05) is 11.1 Å². The van der Waals surface area contributed by atoms with Gasteiger partial charge in [0.1, 0.15) is 10.8 Å². The highest BCUT2D eigenvalue weighted by atomic mass is 32.2. The Labute approximate surface area is 182 Å². The summed E-state index contributed by atoms with van der Waals surface area (Å²) in [5.41, 5.74) is 1.65. The number of halogens is 1. The number of rotatable bonds is 8. The van der Waals surface area contributed by atoms with Crippen molar-refractivity contribution in [1.82, 2.24) is 20.3 Å². The SMILES string of the molecule is CCOc1ccc(-c2noc(CSc3ccc(-c4ccccc4F)nn3)n2)cc1OC. The number of methoxy groups -OCH3 is 1. The van der Waals surface area contributed by atoms with E-state index < -0.39 is 0 Å². The van der Waals surface area contributed by atoms with Gasteiger partial charge in [0.2, 0.25) is 11.7 Å². The summed E-state index contributed by atoms with van der Waals surface area (Å²) in [6.07, 6.45) is 0. The highest BCUT2D eigenvalue weighted by molar-refractivity contribution is 7.98. The maximum Gasteiger partial charge on any atom is 0.237 e.